The molecule has 0 N–H and O–H groups in total. The molecule has 0 aliphatic heterocycles. The van der Waals surface area contributed by atoms with Gasteiger partial charge in [-0.05, 0) is 70.6 Å². The van der Waals surface area contributed by atoms with E-state index in [1.165, 1.54) is 257 Å². The third kappa shape index (κ3) is 58.7. The molecule has 0 aliphatic carbocycles. The van der Waals surface area contributed by atoms with E-state index in [9.17, 15) is 14.4 Å². The summed E-state index contributed by atoms with van der Waals surface area (Å²) >= 11 is 0. The Balaban J connectivity index is 4.25. The lowest BCUT2D eigenvalue weighted by Crippen LogP contribution is -2.30. The first-order valence-corrected chi connectivity index (χ1v) is 31.8. The van der Waals surface area contributed by atoms with Crippen molar-refractivity contribution in [1.29, 1.82) is 0 Å². The van der Waals surface area contributed by atoms with E-state index in [4.69, 9.17) is 14.2 Å². The fourth-order valence-corrected chi connectivity index (χ4v) is 9.61. The number of unbranched alkanes of at least 4 members (excludes halogenated alkanes) is 44. The minimum atomic E-state index is -0.770. The molecule has 0 heterocycles. The third-order valence-corrected chi connectivity index (χ3v) is 14.4. The first kappa shape index (κ1) is 68.9. The highest BCUT2D eigenvalue weighted by Crippen LogP contribution is 2.17. The van der Waals surface area contributed by atoms with Crippen LogP contribution in [0.1, 0.15) is 355 Å². The van der Waals surface area contributed by atoms with Gasteiger partial charge in [0, 0.05) is 19.3 Å². The molecule has 0 aliphatic rings. The van der Waals surface area contributed by atoms with Crippen LogP contribution in [-0.4, -0.2) is 37.2 Å². The summed E-state index contributed by atoms with van der Waals surface area (Å²) in [5, 5.41) is 0. The molecule has 0 aromatic heterocycles. The topological polar surface area (TPSA) is 78.9 Å². The smallest absolute Gasteiger partial charge is 0.306 e. The van der Waals surface area contributed by atoms with E-state index >= 15 is 0 Å². The number of esters is 3. The van der Waals surface area contributed by atoms with Gasteiger partial charge in [-0.3, -0.25) is 14.4 Å². The molecule has 0 rings (SSSR count). The van der Waals surface area contributed by atoms with Crippen LogP contribution in [0, 0.1) is 0 Å². The molecular weight excluding hydrogens is 877 g/mol. The van der Waals surface area contributed by atoms with Crippen LogP contribution >= 0.6 is 0 Å². The molecule has 0 bridgehead atoms. The molecule has 1 unspecified atom stereocenters. The maximum atomic E-state index is 12.9. The number of rotatable bonds is 59. The third-order valence-electron chi connectivity index (χ3n) is 14.4. The molecular formula is C65H122O6. The zero-order chi connectivity index (χ0) is 51.4. The largest absolute Gasteiger partial charge is 0.462 e. The van der Waals surface area contributed by atoms with Crippen molar-refractivity contribution in [2.45, 2.75) is 361 Å². The monoisotopic (exact) mass is 999 g/mol. The normalized spacial score (nSPS) is 12.1. The summed E-state index contributed by atoms with van der Waals surface area (Å²) in [7, 11) is 0. The number of carbonyl (C=O) groups excluding carboxylic acids is 3. The predicted octanol–water partition coefficient (Wildman–Crippen LogP) is 21.4. The molecule has 6 nitrogen and oxygen atoms in total. The van der Waals surface area contributed by atoms with E-state index in [0.29, 0.717) is 19.3 Å². The predicted molar refractivity (Wildman–Crippen MR) is 307 cm³/mol. The van der Waals surface area contributed by atoms with Crippen molar-refractivity contribution in [2.75, 3.05) is 13.2 Å². The summed E-state index contributed by atoms with van der Waals surface area (Å²) in [6, 6.07) is 0. The molecule has 6 heteroatoms. The van der Waals surface area contributed by atoms with Gasteiger partial charge in [0.15, 0.2) is 6.10 Å². The Kier molecular flexibility index (Phi) is 58.6. The van der Waals surface area contributed by atoms with Crippen LogP contribution in [0.25, 0.3) is 0 Å². The average molecular weight is 1000 g/mol. The Hall–Kier alpha value is -2.11. The summed E-state index contributed by atoms with van der Waals surface area (Å²) in [6.07, 6.45) is 71.8. The minimum absolute atomic E-state index is 0.0682. The van der Waals surface area contributed by atoms with Crippen molar-refractivity contribution in [1.82, 2.24) is 0 Å². The van der Waals surface area contributed by atoms with Gasteiger partial charge in [0.25, 0.3) is 0 Å². The molecule has 0 fully saturated rings. The Morgan fingerprint density at radius 3 is 0.704 bits per heavy atom. The second-order valence-electron chi connectivity index (χ2n) is 21.7. The van der Waals surface area contributed by atoms with Crippen molar-refractivity contribution in [3.63, 3.8) is 0 Å². The van der Waals surface area contributed by atoms with E-state index < -0.39 is 6.10 Å². The van der Waals surface area contributed by atoms with Crippen LogP contribution in [0.2, 0.25) is 0 Å². The van der Waals surface area contributed by atoms with Crippen LogP contribution < -0.4 is 0 Å². The van der Waals surface area contributed by atoms with Crippen LogP contribution in [0.4, 0.5) is 0 Å². The Bertz CT molecular complexity index is 1150. The van der Waals surface area contributed by atoms with Crippen molar-refractivity contribution in [2.24, 2.45) is 0 Å². The van der Waals surface area contributed by atoms with Gasteiger partial charge in [-0.15, -0.1) is 0 Å². The number of hydrogen-bond acceptors (Lipinski definition) is 6. The molecule has 71 heavy (non-hydrogen) atoms. The Morgan fingerprint density at radius 1 is 0.268 bits per heavy atom. The average Bonchev–Trinajstić information content (AvgIpc) is 3.37. The Labute approximate surface area is 443 Å². The van der Waals surface area contributed by atoms with Gasteiger partial charge in [0.2, 0.25) is 0 Å². The molecule has 0 saturated carbocycles. The number of ether oxygens (including phenoxy) is 3. The SMILES string of the molecule is CCCCCCCCC/C=C\CCCCCCCCCC(=O)OC(COC(=O)CCCCCCCCCCCCCC)COC(=O)CCCCCCCCCCCCC/C=C\CCCCCCCCCC. The highest BCUT2D eigenvalue weighted by Gasteiger charge is 2.19. The van der Waals surface area contributed by atoms with E-state index in [1.54, 1.807) is 0 Å². The first-order chi connectivity index (χ1) is 35.0. The molecule has 0 aromatic carbocycles. The first-order valence-electron chi connectivity index (χ1n) is 31.8. The molecule has 1 atom stereocenters. The molecule has 0 spiro atoms. The number of carbonyl (C=O) groups is 3. The molecule has 0 amide bonds. The molecule has 0 saturated heterocycles. The lowest BCUT2D eigenvalue weighted by Gasteiger charge is -2.18. The van der Waals surface area contributed by atoms with E-state index in [2.05, 4.69) is 45.1 Å². The standard InChI is InChI=1S/C65H122O6/c1-4-7-10-13-16-19-22-25-27-29-31-32-33-34-35-37-38-40-43-46-49-52-55-58-64(67)70-61-62(60-69-63(66)57-54-51-48-45-42-24-21-18-15-12-9-6-3)71-65(68)59-56-53-50-47-44-41-39-36-30-28-26-23-20-17-14-11-8-5-2/h28-31,62H,4-27,32-61H2,1-3H3/b30-28-,31-29-. The van der Waals surface area contributed by atoms with Crippen molar-refractivity contribution in [3.05, 3.63) is 24.3 Å². The summed E-state index contributed by atoms with van der Waals surface area (Å²) in [4.78, 5) is 38.2. The molecule has 0 aromatic rings. The van der Waals surface area contributed by atoms with Gasteiger partial charge in [-0.1, -0.05) is 289 Å². The van der Waals surface area contributed by atoms with Crippen LogP contribution in [0.3, 0.4) is 0 Å². The van der Waals surface area contributed by atoms with Crippen LogP contribution in [0.5, 0.6) is 0 Å². The minimum Gasteiger partial charge on any atom is -0.462 e. The van der Waals surface area contributed by atoms with Crippen molar-refractivity contribution >= 4 is 17.9 Å². The summed E-state index contributed by atoms with van der Waals surface area (Å²) in [5.41, 5.74) is 0. The van der Waals surface area contributed by atoms with Crippen LogP contribution in [0.15, 0.2) is 24.3 Å². The number of hydrogen-bond donors (Lipinski definition) is 0. The zero-order valence-corrected chi connectivity index (χ0v) is 48.0. The maximum absolute atomic E-state index is 12.9. The van der Waals surface area contributed by atoms with E-state index in [0.717, 1.165) is 57.8 Å². The fraction of sp³-hybridized carbons (Fsp3) is 0.892. The van der Waals surface area contributed by atoms with Gasteiger partial charge in [-0.2, -0.15) is 0 Å². The second-order valence-corrected chi connectivity index (χ2v) is 21.7. The lowest BCUT2D eigenvalue weighted by atomic mass is 10.0. The highest BCUT2D eigenvalue weighted by molar-refractivity contribution is 5.71. The quantitative estimate of drug-likeness (QED) is 0.0261. The van der Waals surface area contributed by atoms with Gasteiger partial charge < -0.3 is 14.2 Å². The second kappa shape index (κ2) is 60.4. The maximum Gasteiger partial charge on any atom is 0.306 e. The Morgan fingerprint density at radius 2 is 0.465 bits per heavy atom. The van der Waals surface area contributed by atoms with Gasteiger partial charge in [0.1, 0.15) is 13.2 Å². The molecule has 418 valence electrons. The van der Waals surface area contributed by atoms with Crippen molar-refractivity contribution < 1.29 is 28.6 Å². The van der Waals surface area contributed by atoms with E-state index in [1.807, 2.05) is 0 Å². The lowest BCUT2D eigenvalue weighted by molar-refractivity contribution is -0.167. The summed E-state index contributed by atoms with van der Waals surface area (Å²) in [5.74, 6) is -0.849. The summed E-state index contributed by atoms with van der Waals surface area (Å²) in [6.45, 7) is 6.69. The van der Waals surface area contributed by atoms with Gasteiger partial charge in [0.05, 0.1) is 0 Å². The highest BCUT2D eigenvalue weighted by atomic mass is 16.6. The van der Waals surface area contributed by atoms with E-state index in [-0.39, 0.29) is 31.1 Å². The van der Waals surface area contributed by atoms with Crippen molar-refractivity contribution in [3.8, 4) is 0 Å². The molecule has 0 radical (unpaired) electrons. The number of allylic oxidation sites excluding steroid dienone is 4. The summed E-state index contributed by atoms with van der Waals surface area (Å²) < 4.78 is 16.9. The zero-order valence-electron chi connectivity index (χ0n) is 48.0. The van der Waals surface area contributed by atoms with Gasteiger partial charge >= 0.3 is 17.9 Å². The van der Waals surface area contributed by atoms with Gasteiger partial charge in [-0.25, -0.2) is 0 Å². The van der Waals surface area contributed by atoms with Crippen LogP contribution in [-0.2, 0) is 28.6 Å². The fourth-order valence-electron chi connectivity index (χ4n) is 9.61.